The van der Waals surface area contributed by atoms with Gasteiger partial charge in [-0.2, -0.15) is 0 Å². The summed E-state index contributed by atoms with van der Waals surface area (Å²) >= 11 is 0. The van der Waals surface area contributed by atoms with E-state index < -0.39 is 0 Å². The largest absolute Gasteiger partial charge is 0.392 e. The predicted octanol–water partition coefficient (Wildman–Crippen LogP) is 1.48. The van der Waals surface area contributed by atoms with Crippen LogP contribution in [0.5, 0.6) is 0 Å². The van der Waals surface area contributed by atoms with E-state index in [4.69, 9.17) is 0 Å². The maximum absolute atomic E-state index is 10.6. The summed E-state index contributed by atoms with van der Waals surface area (Å²) in [6.45, 7) is 9.15. The standard InChI is InChI=1S/C16H24N2O/c1-15-9-17-10-16(2,14(15)19)12-18(11-15)8-13-6-4-3-5-7-13/h3-7,14,17,19H,8-12H2,1-2H3. The van der Waals surface area contributed by atoms with Crippen LogP contribution >= 0.6 is 0 Å². The highest BCUT2D eigenvalue weighted by atomic mass is 16.3. The molecule has 2 heterocycles. The molecule has 2 unspecified atom stereocenters. The molecule has 3 rings (SSSR count). The van der Waals surface area contributed by atoms with Crippen LogP contribution < -0.4 is 5.32 Å². The highest BCUT2D eigenvalue weighted by Gasteiger charge is 2.53. The lowest BCUT2D eigenvalue weighted by molar-refractivity contribution is -0.143. The number of benzene rings is 1. The molecule has 0 aromatic heterocycles. The minimum Gasteiger partial charge on any atom is -0.392 e. The Morgan fingerprint density at radius 3 is 2.32 bits per heavy atom. The van der Waals surface area contributed by atoms with Crippen molar-refractivity contribution in [2.24, 2.45) is 10.8 Å². The smallest absolute Gasteiger partial charge is 0.0696 e. The van der Waals surface area contributed by atoms with Crippen LogP contribution in [0.4, 0.5) is 0 Å². The summed E-state index contributed by atoms with van der Waals surface area (Å²) in [5, 5.41) is 14.1. The molecule has 1 aromatic rings. The first-order valence-corrected chi connectivity index (χ1v) is 7.17. The zero-order valence-electron chi connectivity index (χ0n) is 11.9. The minimum absolute atomic E-state index is 0.0277. The molecule has 0 saturated carbocycles. The van der Waals surface area contributed by atoms with Crippen molar-refractivity contribution in [3.63, 3.8) is 0 Å². The van der Waals surface area contributed by atoms with E-state index >= 15 is 0 Å². The minimum atomic E-state index is -0.201. The van der Waals surface area contributed by atoms with E-state index in [0.717, 1.165) is 32.7 Å². The normalized spacial score (nSPS) is 39.2. The van der Waals surface area contributed by atoms with E-state index in [9.17, 15) is 5.11 Å². The van der Waals surface area contributed by atoms with Crippen LogP contribution in [-0.4, -0.2) is 42.3 Å². The molecule has 3 heteroatoms. The summed E-state index contributed by atoms with van der Waals surface area (Å²) in [4.78, 5) is 2.50. The molecule has 104 valence electrons. The van der Waals surface area contributed by atoms with Crippen LogP contribution in [-0.2, 0) is 6.54 Å². The first kappa shape index (κ1) is 13.1. The molecule has 0 spiro atoms. The molecule has 0 radical (unpaired) electrons. The van der Waals surface area contributed by atoms with E-state index in [1.165, 1.54) is 5.56 Å². The molecular formula is C16H24N2O. The first-order chi connectivity index (χ1) is 9.02. The molecule has 2 fully saturated rings. The lowest BCUT2D eigenvalue weighted by atomic mass is 9.63. The third kappa shape index (κ3) is 2.31. The first-order valence-electron chi connectivity index (χ1n) is 7.17. The van der Waals surface area contributed by atoms with Crippen molar-refractivity contribution in [1.82, 2.24) is 10.2 Å². The highest BCUT2D eigenvalue weighted by Crippen LogP contribution is 2.43. The Hall–Kier alpha value is -0.900. The Morgan fingerprint density at radius 1 is 1.16 bits per heavy atom. The summed E-state index contributed by atoms with van der Waals surface area (Å²) in [6, 6.07) is 10.6. The van der Waals surface area contributed by atoms with E-state index in [2.05, 4.69) is 54.4 Å². The van der Waals surface area contributed by atoms with Gasteiger partial charge in [0.05, 0.1) is 6.10 Å². The van der Waals surface area contributed by atoms with Gasteiger partial charge in [-0.3, -0.25) is 4.90 Å². The van der Waals surface area contributed by atoms with Crippen molar-refractivity contribution in [2.75, 3.05) is 26.2 Å². The Balaban J connectivity index is 1.79. The van der Waals surface area contributed by atoms with Crippen molar-refractivity contribution >= 4 is 0 Å². The number of hydrogen-bond acceptors (Lipinski definition) is 3. The molecule has 2 aliphatic rings. The van der Waals surface area contributed by atoms with Crippen molar-refractivity contribution in [3.8, 4) is 0 Å². The average Bonchev–Trinajstić information content (AvgIpc) is 2.35. The molecule has 2 atom stereocenters. The second-order valence-corrected chi connectivity index (χ2v) is 6.94. The molecule has 19 heavy (non-hydrogen) atoms. The molecule has 2 aliphatic heterocycles. The number of likely N-dealkylation sites (tertiary alicyclic amines) is 1. The summed E-state index contributed by atoms with van der Waals surface area (Å²) in [7, 11) is 0. The van der Waals surface area contributed by atoms with Crippen LogP contribution in [0.3, 0.4) is 0 Å². The number of fused-ring (bicyclic) bond motifs is 2. The van der Waals surface area contributed by atoms with Gasteiger partial charge < -0.3 is 10.4 Å². The Labute approximate surface area is 115 Å². The second kappa shape index (κ2) is 4.58. The van der Waals surface area contributed by atoms with Gasteiger partial charge in [0.1, 0.15) is 0 Å². The van der Waals surface area contributed by atoms with Gasteiger partial charge in [-0.15, -0.1) is 0 Å². The van der Waals surface area contributed by atoms with Gasteiger partial charge in [-0.25, -0.2) is 0 Å². The SMILES string of the molecule is CC12CNCC(C)(CN(Cc3ccccc3)C1)C2O. The molecule has 3 nitrogen and oxygen atoms in total. The van der Waals surface area contributed by atoms with Crippen molar-refractivity contribution in [1.29, 1.82) is 0 Å². The summed E-state index contributed by atoms with van der Waals surface area (Å²) in [5.41, 5.74) is 1.30. The molecule has 0 aliphatic carbocycles. The average molecular weight is 260 g/mol. The quantitative estimate of drug-likeness (QED) is 0.845. The van der Waals surface area contributed by atoms with E-state index in [1.54, 1.807) is 0 Å². The van der Waals surface area contributed by atoms with Gasteiger partial charge in [-0.05, 0) is 5.56 Å². The van der Waals surface area contributed by atoms with Gasteiger partial charge in [0.25, 0.3) is 0 Å². The Kier molecular flexibility index (Phi) is 3.16. The summed E-state index contributed by atoms with van der Waals surface area (Å²) in [6.07, 6.45) is -0.201. The number of aliphatic hydroxyl groups is 1. The molecular weight excluding hydrogens is 236 g/mol. The van der Waals surface area contributed by atoms with E-state index in [-0.39, 0.29) is 16.9 Å². The molecule has 2 bridgehead atoms. The third-order valence-corrected chi connectivity index (χ3v) is 4.80. The maximum atomic E-state index is 10.6. The molecule has 2 N–H and O–H groups in total. The van der Waals surface area contributed by atoms with Crippen molar-refractivity contribution in [2.45, 2.75) is 26.5 Å². The summed E-state index contributed by atoms with van der Waals surface area (Å²) < 4.78 is 0. The fourth-order valence-corrected chi connectivity index (χ4v) is 3.98. The molecule has 2 saturated heterocycles. The van der Waals surface area contributed by atoms with Crippen LogP contribution in [0.25, 0.3) is 0 Å². The maximum Gasteiger partial charge on any atom is 0.0696 e. The van der Waals surface area contributed by atoms with E-state index in [1.807, 2.05) is 0 Å². The second-order valence-electron chi connectivity index (χ2n) is 6.94. The molecule has 1 aromatic carbocycles. The zero-order valence-corrected chi connectivity index (χ0v) is 11.9. The van der Waals surface area contributed by atoms with Crippen LogP contribution in [0.2, 0.25) is 0 Å². The van der Waals surface area contributed by atoms with Crippen molar-refractivity contribution < 1.29 is 5.11 Å². The number of piperidine rings is 2. The third-order valence-electron chi connectivity index (χ3n) is 4.80. The van der Waals surface area contributed by atoms with Gasteiger partial charge in [-0.1, -0.05) is 44.2 Å². The van der Waals surface area contributed by atoms with Crippen LogP contribution in [0.15, 0.2) is 30.3 Å². The number of nitrogens with one attached hydrogen (secondary N) is 1. The van der Waals surface area contributed by atoms with E-state index in [0.29, 0.717) is 0 Å². The van der Waals surface area contributed by atoms with Gasteiger partial charge in [0.15, 0.2) is 0 Å². The lowest BCUT2D eigenvalue weighted by Crippen LogP contribution is -2.69. The fourth-order valence-electron chi connectivity index (χ4n) is 3.98. The van der Waals surface area contributed by atoms with Gasteiger partial charge >= 0.3 is 0 Å². The highest BCUT2D eigenvalue weighted by molar-refractivity contribution is 5.16. The van der Waals surface area contributed by atoms with Crippen LogP contribution in [0.1, 0.15) is 19.4 Å². The van der Waals surface area contributed by atoms with Gasteiger partial charge in [0, 0.05) is 43.6 Å². The fraction of sp³-hybridized carbons (Fsp3) is 0.625. The number of hydrogen-bond donors (Lipinski definition) is 2. The summed E-state index contributed by atoms with van der Waals surface area (Å²) in [5.74, 6) is 0. The number of rotatable bonds is 2. The zero-order chi connectivity index (χ0) is 13.5. The Morgan fingerprint density at radius 2 is 1.74 bits per heavy atom. The lowest BCUT2D eigenvalue weighted by Gasteiger charge is -2.57. The monoisotopic (exact) mass is 260 g/mol. The molecule has 0 amide bonds. The topological polar surface area (TPSA) is 35.5 Å². The number of nitrogens with zero attached hydrogens (tertiary/aromatic N) is 1. The Bertz CT molecular complexity index is 429. The van der Waals surface area contributed by atoms with Crippen molar-refractivity contribution in [3.05, 3.63) is 35.9 Å². The predicted molar refractivity (Wildman–Crippen MR) is 76.8 cm³/mol. The number of aliphatic hydroxyl groups excluding tert-OH is 1. The van der Waals surface area contributed by atoms with Crippen LogP contribution in [0, 0.1) is 10.8 Å². The van der Waals surface area contributed by atoms with Gasteiger partial charge in [0.2, 0.25) is 0 Å².